The molecule has 0 spiro atoms. The third-order valence-corrected chi connectivity index (χ3v) is 5.91. The van der Waals surface area contributed by atoms with Gasteiger partial charge in [0, 0.05) is 0 Å². The zero-order chi connectivity index (χ0) is 12.5. The van der Waals surface area contributed by atoms with E-state index in [1.165, 1.54) is 6.42 Å². The maximum atomic E-state index is 9.82. The summed E-state index contributed by atoms with van der Waals surface area (Å²) in [5, 5.41) is 18.9. The van der Waals surface area contributed by atoms with Gasteiger partial charge in [-0.05, 0) is 31.8 Å². The van der Waals surface area contributed by atoms with Crippen LogP contribution in [-0.4, -0.2) is 57.0 Å². The minimum Gasteiger partial charge on any atom is -0.394 e. The second-order valence-electron chi connectivity index (χ2n) is 4.78. The molecule has 0 radical (unpaired) electrons. The van der Waals surface area contributed by atoms with E-state index in [1.807, 2.05) is 37.4 Å². The van der Waals surface area contributed by atoms with Crippen LogP contribution >= 0.6 is 23.5 Å². The van der Waals surface area contributed by atoms with Crippen molar-refractivity contribution in [2.24, 2.45) is 0 Å². The van der Waals surface area contributed by atoms with Gasteiger partial charge in [-0.1, -0.05) is 0 Å². The van der Waals surface area contributed by atoms with Crippen LogP contribution in [0.4, 0.5) is 0 Å². The topological polar surface area (TPSA) is 58.9 Å². The Morgan fingerprint density at radius 1 is 1.29 bits per heavy atom. The lowest BCUT2D eigenvalue weighted by molar-refractivity contribution is -0.156. The zero-order valence-corrected chi connectivity index (χ0v) is 11.8. The van der Waals surface area contributed by atoms with Gasteiger partial charge in [0.2, 0.25) is 0 Å². The molecule has 0 unspecified atom stereocenters. The molecule has 2 rings (SSSR count). The molecule has 0 aromatic rings. The van der Waals surface area contributed by atoms with Crippen molar-refractivity contribution in [2.45, 2.75) is 48.9 Å². The van der Waals surface area contributed by atoms with Crippen molar-refractivity contribution in [1.29, 1.82) is 0 Å². The number of aliphatic hydroxyl groups is 2. The molecule has 0 aromatic heterocycles. The predicted octanol–water partition coefficient (Wildman–Crippen LogP) is 1.06. The fourth-order valence-corrected chi connectivity index (χ4v) is 5.16. The molecule has 2 aliphatic heterocycles. The van der Waals surface area contributed by atoms with Crippen LogP contribution in [0.3, 0.4) is 0 Å². The summed E-state index contributed by atoms with van der Waals surface area (Å²) in [5.74, 6) is 1.57. The van der Waals surface area contributed by atoms with Crippen molar-refractivity contribution in [2.75, 3.05) is 18.1 Å². The average Bonchev–Trinajstić information content (AvgIpc) is 2.65. The van der Waals surface area contributed by atoms with Crippen molar-refractivity contribution in [3.63, 3.8) is 0 Å². The Labute approximate surface area is 110 Å². The van der Waals surface area contributed by atoms with Crippen LogP contribution in [0.25, 0.3) is 0 Å². The first kappa shape index (κ1) is 14.0. The number of rotatable bonds is 3. The van der Waals surface area contributed by atoms with Crippen molar-refractivity contribution in [3.05, 3.63) is 0 Å². The van der Waals surface area contributed by atoms with E-state index in [0.717, 1.165) is 11.5 Å². The Kier molecular flexibility index (Phi) is 4.66. The van der Waals surface area contributed by atoms with E-state index in [0.29, 0.717) is 0 Å². The number of hydrogen-bond donors (Lipinski definition) is 2. The fourth-order valence-electron chi connectivity index (χ4n) is 2.12. The summed E-state index contributed by atoms with van der Waals surface area (Å²) >= 11 is 3.72. The van der Waals surface area contributed by atoms with Gasteiger partial charge in [0.1, 0.15) is 18.3 Å². The fraction of sp³-hybridized carbons (Fsp3) is 1.00. The second-order valence-corrected chi connectivity index (χ2v) is 7.58. The first-order chi connectivity index (χ1) is 8.03. The number of ether oxygens (including phenoxy) is 2. The van der Waals surface area contributed by atoms with Crippen LogP contribution < -0.4 is 0 Å². The summed E-state index contributed by atoms with van der Waals surface area (Å²) in [6.45, 7) is 3.41. The van der Waals surface area contributed by atoms with Gasteiger partial charge >= 0.3 is 0 Å². The van der Waals surface area contributed by atoms with Crippen molar-refractivity contribution in [1.82, 2.24) is 0 Å². The van der Waals surface area contributed by atoms with Gasteiger partial charge in [-0.15, -0.1) is 23.5 Å². The predicted molar refractivity (Wildman–Crippen MR) is 70.2 cm³/mol. The molecule has 2 aliphatic rings. The largest absolute Gasteiger partial charge is 0.394 e. The van der Waals surface area contributed by atoms with Crippen LogP contribution in [0, 0.1) is 0 Å². The number of thioether (sulfide) groups is 2. The van der Waals surface area contributed by atoms with Crippen LogP contribution in [0.15, 0.2) is 0 Å². The third-order valence-electron chi connectivity index (χ3n) is 2.85. The molecule has 2 fully saturated rings. The van der Waals surface area contributed by atoms with Gasteiger partial charge in [-0.25, -0.2) is 0 Å². The summed E-state index contributed by atoms with van der Waals surface area (Å²) in [5.41, 5.74) is 0. The van der Waals surface area contributed by atoms with Gasteiger partial charge in [0.25, 0.3) is 0 Å². The lowest BCUT2D eigenvalue weighted by Crippen LogP contribution is -2.42. The maximum Gasteiger partial charge on any atom is 0.163 e. The van der Waals surface area contributed by atoms with Gasteiger partial charge in [0.05, 0.1) is 11.2 Å². The van der Waals surface area contributed by atoms with Crippen LogP contribution in [0.1, 0.15) is 20.3 Å². The highest BCUT2D eigenvalue weighted by Gasteiger charge is 2.48. The molecule has 100 valence electrons. The average molecular weight is 280 g/mol. The molecule has 2 saturated heterocycles. The normalized spacial score (nSPS) is 36.0. The van der Waals surface area contributed by atoms with Crippen LogP contribution in [0.5, 0.6) is 0 Å². The molecule has 17 heavy (non-hydrogen) atoms. The third kappa shape index (κ3) is 3.30. The van der Waals surface area contributed by atoms with Gasteiger partial charge in [-0.2, -0.15) is 0 Å². The summed E-state index contributed by atoms with van der Waals surface area (Å²) in [6.07, 6.45) is -0.235. The van der Waals surface area contributed by atoms with E-state index < -0.39 is 18.0 Å². The Hall–Kier alpha value is 0.540. The lowest BCUT2D eigenvalue weighted by Gasteiger charge is -2.29. The molecule has 0 amide bonds. The molecule has 2 N–H and O–H groups in total. The van der Waals surface area contributed by atoms with Crippen molar-refractivity contribution in [3.8, 4) is 0 Å². The molecule has 4 nitrogen and oxygen atoms in total. The lowest BCUT2D eigenvalue weighted by atomic mass is 10.1. The summed E-state index contributed by atoms with van der Waals surface area (Å²) in [4.78, 5) is 0. The highest BCUT2D eigenvalue weighted by Crippen LogP contribution is 2.42. The van der Waals surface area contributed by atoms with E-state index in [4.69, 9.17) is 14.6 Å². The number of aliphatic hydroxyl groups excluding tert-OH is 2. The Morgan fingerprint density at radius 2 is 1.94 bits per heavy atom. The molecule has 0 bridgehead atoms. The SMILES string of the molecule is CC1(C)O[C@H]([C@H](O)CO)[C@H](C2SCCCS2)O1. The van der Waals surface area contributed by atoms with Gasteiger partial charge < -0.3 is 19.7 Å². The van der Waals surface area contributed by atoms with E-state index in [9.17, 15) is 5.11 Å². The molecular weight excluding hydrogens is 260 g/mol. The standard InChI is InChI=1S/C11H20O4S2/c1-11(2)14-8(7(13)6-12)9(15-11)10-16-4-3-5-17-10/h7-10,12-13H,3-6H2,1-2H3/t7-,8-,9-/m1/s1. The first-order valence-electron chi connectivity index (χ1n) is 5.91. The van der Waals surface area contributed by atoms with Gasteiger partial charge in [0.15, 0.2) is 5.79 Å². The van der Waals surface area contributed by atoms with E-state index in [-0.39, 0.29) is 17.3 Å². The monoisotopic (exact) mass is 280 g/mol. The van der Waals surface area contributed by atoms with E-state index in [1.54, 1.807) is 0 Å². The smallest absolute Gasteiger partial charge is 0.163 e. The molecule has 2 heterocycles. The van der Waals surface area contributed by atoms with Gasteiger partial charge in [-0.3, -0.25) is 0 Å². The summed E-state index contributed by atoms with van der Waals surface area (Å²) < 4.78 is 11.9. The van der Waals surface area contributed by atoms with E-state index in [2.05, 4.69) is 0 Å². The maximum absolute atomic E-state index is 9.82. The molecule has 0 aromatic carbocycles. The minimum atomic E-state index is -0.870. The Bertz CT molecular complexity index is 256. The van der Waals surface area contributed by atoms with E-state index >= 15 is 0 Å². The van der Waals surface area contributed by atoms with Crippen molar-refractivity contribution >= 4 is 23.5 Å². The molecular formula is C11H20O4S2. The molecule has 0 aliphatic carbocycles. The first-order valence-corrected chi connectivity index (χ1v) is 8.01. The second kappa shape index (κ2) is 5.67. The van der Waals surface area contributed by atoms with Crippen LogP contribution in [0.2, 0.25) is 0 Å². The number of hydrogen-bond acceptors (Lipinski definition) is 6. The molecule has 6 heteroatoms. The van der Waals surface area contributed by atoms with Crippen molar-refractivity contribution < 1.29 is 19.7 Å². The Balaban J connectivity index is 2.06. The highest BCUT2D eigenvalue weighted by atomic mass is 32.2. The zero-order valence-electron chi connectivity index (χ0n) is 10.2. The highest BCUT2D eigenvalue weighted by molar-refractivity contribution is 8.17. The summed E-state index contributed by atoms with van der Waals surface area (Å²) in [7, 11) is 0. The molecule has 3 atom stereocenters. The molecule has 0 saturated carbocycles. The summed E-state index contributed by atoms with van der Waals surface area (Å²) in [6, 6.07) is 0. The Morgan fingerprint density at radius 3 is 2.53 bits per heavy atom. The minimum absolute atomic E-state index is 0.151. The van der Waals surface area contributed by atoms with Crippen LogP contribution in [-0.2, 0) is 9.47 Å². The quantitative estimate of drug-likeness (QED) is 0.806.